The van der Waals surface area contributed by atoms with E-state index >= 15 is 0 Å². The highest BCUT2D eigenvalue weighted by molar-refractivity contribution is 5.42. The number of hydrogen-bond donors (Lipinski definition) is 0. The van der Waals surface area contributed by atoms with Crippen LogP contribution < -0.4 is 4.74 Å². The zero-order valence-corrected chi connectivity index (χ0v) is 12.4. The zero-order valence-electron chi connectivity index (χ0n) is 12.4. The van der Waals surface area contributed by atoms with Gasteiger partial charge in [-0.15, -0.1) is 0 Å². The Morgan fingerprint density at radius 2 is 1.47 bits per heavy atom. The van der Waals surface area contributed by atoms with Crippen LogP contribution in [0.25, 0.3) is 0 Å². The maximum Gasteiger partial charge on any atom is 0.130 e. The topological polar surface area (TPSA) is 9.23 Å². The second-order valence-corrected chi connectivity index (χ2v) is 6.15. The fraction of sp³-hybridized carbons (Fsp3) is 0.333. The van der Waals surface area contributed by atoms with Gasteiger partial charge in [0.15, 0.2) is 0 Å². The van der Waals surface area contributed by atoms with Crippen LogP contribution in [0.2, 0.25) is 0 Å². The van der Waals surface area contributed by atoms with Gasteiger partial charge in [0, 0.05) is 0 Å². The molecule has 0 heterocycles. The lowest BCUT2D eigenvalue weighted by Gasteiger charge is -2.20. The molecule has 2 rings (SSSR count). The highest BCUT2D eigenvalue weighted by Crippen LogP contribution is 2.31. The van der Waals surface area contributed by atoms with Crippen LogP contribution in [0.4, 0.5) is 0 Å². The molecule has 0 radical (unpaired) electrons. The molecule has 2 aromatic carbocycles. The number of rotatable bonds is 2. The van der Waals surface area contributed by atoms with Gasteiger partial charge in [-0.25, -0.2) is 0 Å². The van der Waals surface area contributed by atoms with E-state index in [1.54, 1.807) is 0 Å². The van der Waals surface area contributed by atoms with Crippen molar-refractivity contribution >= 4 is 0 Å². The highest BCUT2D eigenvalue weighted by Gasteiger charge is 2.15. The third-order valence-electron chi connectivity index (χ3n) is 3.30. The van der Waals surface area contributed by atoms with Crippen molar-refractivity contribution in [1.82, 2.24) is 0 Å². The first-order valence-electron chi connectivity index (χ1n) is 6.72. The molecular formula is C18H22O. The summed E-state index contributed by atoms with van der Waals surface area (Å²) in [5.41, 5.74) is 3.83. The summed E-state index contributed by atoms with van der Waals surface area (Å²) >= 11 is 0. The Morgan fingerprint density at radius 1 is 0.842 bits per heavy atom. The molecule has 0 bridgehead atoms. The quantitative estimate of drug-likeness (QED) is 0.697. The van der Waals surface area contributed by atoms with Crippen molar-refractivity contribution in [2.24, 2.45) is 0 Å². The van der Waals surface area contributed by atoms with Crippen LogP contribution in [0.1, 0.15) is 37.5 Å². The summed E-state index contributed by atoms with van der Waals surface area (Å²) in [4.78, 5) is 0. The van der Waals surface area contributed by atoms with E-state index in [4.69, 9.17) is 4.74 Å². The van der Waals surface area contributed by atoms with E-state index in [-0.39, 0.29) is 5.41 Å². The average molecular weight is 254 g/mol. The van der Waals surface area contributed by atoms with Crippen molar-refractivity contribution in [3.05, 3.63) is 59.2 Å². The molecule has 0 aliphatic heterocycles. The maximum absolute atomic E-state index is 6.00. The van der Waals surface area contributed by atoms with E-state index < -0.39 is 0 Å². The van der Waals surface area contributed by atoms with Crippen LogP contribution in [-0.2, 0) is 5.41 Å². The molecule has 2 aromatic rings. The molecule has 0 saturated carbocycles. The fourth-order valence-corrected chi connectivity index (χ4v) is 1.91. The van der Waals surface area contributed by atoms with E-state index in [0.29, 0.717) is 0 Å². The number of benzene rings is 2. The Labute approximate surface area is 116 Å². The van der Waals surface area contributed by atoms with Crippen molar-refractivity contribution in [3.8, 4) is 11.5 Å². The van der Waals surface area contributed by atoms with Gasteiger partial charge in [-0.2, -0.15) is 0 Å². The Kier molecular flexibility index (Phi) is 3.66. The molecule has 19 heavy (non-hydrogen) atoms. The summed E-state index contributed by atoms with van der Waals surface area (Å²) in [6.45, 7) is 10.8. The van der Waals surface area contributed by atoms with Crippen molar-refractivity contribution in [1.29, 1.82) is 0 Å². The summed E-state index contributed by atoms with van der Waals surface area (Å²) in [5, 5.41) is 0. The average Bonchev–Trinajstić information content (AvgIpc) is 2.33. The van der Waals surface area contributed by atoms with Crippen LogP contribution in [0.15, 0.2) is 42.5 Å². The smallest absolute Gasteiger partial charge is 0.130 e. The summed E-state index contributed by atoms with van der Waals surface area (Å²) in [6.07, 6.45) is 0. The minimum Gasteiger partial charge on any atom is -0.457 e. The number of hydrogen-bond acceptors (Lipinski definition) is 1. The molecule has 1 nitrogen and oxygen atoms in total. The lowest BCUT2D eigenvalue weighted by molar-refractivity contribution is 0.474. The SMILES string of the molecule is Cc1ccc(Oc2cc(C(C)(C)C)ccc2C)cc1. The van der Waals surface area contributed by atoms with Gasteiger partial charge in [-0.3, -0.25) is 0 Å². The van der Waals surface area contributed by atoms with Crippen molar-refractivity contribution in [3.63, 3.8) is 0 Å². The predicted octanol–water partition coefficient (Wildman–Crippen LogP) is 5.39. The Hall–Kier alpha value is -1.76. The molecule has 0 fully saturated rings. The third-order valence-corrected chi connectivity index (χ3v) is 3.30. The monoisotopic (exact) mass is 254 g/mol. The van der Waals surface area contributed by atoms with Gasteiger partial charge in [0.25, 0.3) is 0 Å². The van der Waals surface area contributed by atoms with Gasteiger partial charge in [0.1, 0.15) is 11.5 Å². The second-order valence-electron chi connectivity index (χ2n) is 6.15. The Bertz CT molecular complexity index is 559. The molecule has 0 N–H and O–H groups in total. The molecule has 0 aliphatic rings. The largest absolute Gasteiger partial charge is 0.457 e. The lowest BCUT2D eigenvalue weighted by atomic mass is 9.86. The summed E-state index contributed by atoms with van der Waals surface area (Å²) in [6, 6.07) is 14.6. The molecule has 0 saturated heterocycles. The fourth-order valence-electron chi connectivity index (χ4n) is 1.91. The van der Waals surface area contributed by atoms with Crippen molar-refractivity contribution in [2.75, 3.05) is 0 Å². The van der Waals surface area contributed by atoms with Gasteiger partial charge in [-0.05, 0) is 48.6 Å². The van der Waals surface area contributed by atoms with E-state index in [1.807, 2.05) is 12.1 Å². The summed E-state index contributed by atoms with van der Waals surface area (Å²) in [5.74, 6) is 1.83. The Balaban J connectivity index is 2.31. The molecular weight excluding hydrogens is 232 g/mol. The van der Waals surface area contributed by atoms with E-state index in [9.17, 15) is 0 Å². The first kappa shape index (κ1) is 13.7. The predicted molar refractivity (Wildman–Crippen MR) is 81.1 cm³/mol. The third kappa shape index (κ3) is 3.37. The van der Waals surface area contributed by atoms with Gasteiger partial charge in [-0.1, -0.05) is 50.6 Å². The minimum absolute atomic E-state index is 0.138. The molecule has 0 aromatic heterocycles. The van der Waals surface area contributed by atoms with Gasteiger partial charge in [0.05, 0.1) is 0 Å². The molecule has 0 unspecified atom stereocenters. The van der Waals surface area contributed by atoms with Crippen LogP contribution in [0, 0.1) is 13.8 Å². The van der Waals surface area contributed by atoms with Crippen LogP contribution in [-0.4, -0.2) is 0 Å². The van der Waals surface area contributed by atoms with Gasteiger partial charge in [0.2, 0.25) is 0 Å². The molecule has 0 spiro atoms. The van der Waals surface area contributed by atoms with Crippen LogP contribution in [0.5, 0.6) is 11.5 Å². The Morgan fingerprint density at radius 3 is 2.05 bits per heavy atom. The van der Waals surface area contributed by atoms with Crippen LogP contribution >= 0.6 is 0 Å². The standard InChI is InChI=1S/C18H22O/c1-13-6-10-16(11-7-13)19-17-12-15(18(3,4)5)9-8-14(17)2/h6-12H,1-5H3. The van der Waals surface area contributed by atoms with Crippen molar-refractivity contribution < 1.29 is 4.74 Å². The molecule has 0 amide bonds. The summed E-state index contributed by atoms with van der Waals surface area (Å²) in [7, 11) is 0. The molecule has 0 atom stereocenters. The molecule has 1 heteroatoms. The van der Waals surface area contributed by atoms with Crippen molar-refractivity contribution in [2.45, 2.75) is 40.0 Å². The van der Waals surface area contributed by atoms with E-state index in [1.165, 1.54) is 11.1 Å². The lowest BCUT2D eigenvalue weighted by Crippen LogP contribution is -2.11. The van der Waals surface area contributed by atoms with Gasteiger partial charge >= 0.3 is 0 Å². The second kappa shape index (κ2) is 5.08. The number of ether oxygens (including phenoxy) is 1. The highest BCUT2D eigenvalue weighted by atomic mass is 16.5. The normalized spacial score (nSPS) is 11.4. The molecule has 100 valence electrons. The van der Waals surface area contributed by atoms with Gasteiger partial charge < -0.3 is 4.74 Å². The first-order valence-corrected chi connectivity index (χ1v) is 6.72. The van der Waals surface area contributed by atoms with Crippen LogP contribution in [0.3, 0.4) is 0 Å². The molecule has 0 aliphatic carbocycles. The zero-order chi connectivity index (χ0) is 14.0. The minimum atomic E-state index is 0.138. The summed E-state index contributed by atoms with van der Waals surface area (Å²) < 4.78 is 6.00. The first-order chi connectivity index (χ1) is 8.86. The maximum atomic E-state index is 6.00. The van der Waals surface area contributed by atoms with E-state index in [2.05, 4.69) is 65.0 Å². The van der Waals surface area contributed by atoms with E-state index in [0.717, 1.165) is 17.1 Å². The number of aryl methyl sites for hydroxylation is 2.